The number of nitro benzene ring substituents is 1. The first-order chi connectivity index (χ1) is 12.1. The van der Waals surface area contributed by atoms with E-state index in [4.69, 9.17) is 9.47 Å². The van der Waals surface area contributed by atoms with Crippen LogP contribution in [0.4, 0.5) is 11.4 Å². The maximum absolute atomic E-state index is 12.0. The van der Waals surface area contributed by atoms with Crippen molar-refractivity contribution in [3.8, 4) is 11.5 Å². The van der Waals surface area contributed by atoms with E-state index >= 15 is 0 Å². The Morgan fingerprint density at radius 3 is 2.48 bits per heavy atom. The molecule has 0 radical (unpaired) electrons. The molecule has 2 aromatic carbocycles. The van der Waals surface area contributed by atoms with Crippen LogP contribution in [-0.4, -0.2) is 24.0 Å². The molecule has 0 heterocycles. The van der Waals surface area contributed by atoms with Gasteiger partial charge in [0, 0.05) is 12.5 Å². The molecule has 1 N–H and O–H groups in total. The number of carbonyl (C=O) groups excluding carboxylic acids is 1. The summed E-state index contributed by atoms with van der Waals surface area (Å²) in [6, 6.07) is 13.4. The quantitative estimate of drug-likeness (QED) is 0.424. The monoisotopic (exact) mass is 344 g/mol. The van der Waals surface area contributed by atoms with Gasteiger partial charge in [-0.15, -0.1) is 0 Å². The summed E-state index contributed by atoms with van der Waals surface area (Å²) in [7, 11) is 0. The zero-order valence-electron chi connectivity index (χ0n) is 13.9. The Kier molecular flexibility index (Phi) is 6.76. The summed E-state index contributed by atoms with van der Waals surface area (Å²) in [5, 5.41) is 13.7. The Hall–Kier alpha value is -3.09. The van der Waals surface area contributed by atoms with E-state index in [1.54, 1.807) is 24.3 Å². The first kappa shape index (κ1) is 18.3. The van der Waals surface area contributed by atoms with Gasteiger partial charge in [-0.3, -0.25) is 14.9 Å². The molecule has 7 nitrogen and oxygen atoms in total. The van der Waals surface area contributed by atoms with Gasteiger partial charge in [-0.05, 0) is 31.5 Å². The largest absolute Gasteiger partial charge is 0.492 e. The first-order valence-corrected chi connectivity index (χ1v) is 7.99. The summed E-state index contributed by atoms with van der Waals surface area (Å²) < 4.78 is 10.9. The molecule has 0 aliphatic carbocycles. The molecule has 7 heteroatoms. The van der Waals surface area contributed by atoms with Gasteiger partial charge in [0.1, 0.15) is 5.75 Å². The topological polar surface area (TPSA) is 90.7 Å². The highest BCUT2D eigenvalue weighted by molar-refractivity contribution is 5.92. The second kappa shape index (κ2) is 9.27. The fourth-order valence-corrected chi connectivity index (χ4v) is 2.21. The second-order valence-electron chi connectivity index (χ2n) is 5.15. The molecular formula is C18H20N2O5. The standard InChI is InChI=1S/C18H20N2O5/c1-2-24-16-10-5-3-8-14(16)19-18(21)12-7-13-25-17-11-6-4-9-15(17)20(22)23/h3-6,8-11H,2,7,12-13H2,1H3,(H,19,21). The number of nitro groups is 1. The molecule has 25 heavy (non-hydrogen) atoms. The molecule has 2 rings (SSSR count). The van der Waals surface area contributed by atoms with E-state index in [2.05, 4.69) is 5.32 Å². The maximum atomic E-state index is 12.0. The Morgan fingerprint density at radius 2 is 1.76 bits per heavy atom. The van der Waals surface area contributed by atoms with Crippen LogP contribution in [0.15, 0.2) is 48.5 Å². The average molecular weight is 344 g/mol. The molecule has 0 fully saturated rings. The highest BCUT2D eigenvalue weighted by Gasteiger charge is 2.13. The van der Waals surface area contributed by atoms with E-state index in [-0.39, 0.29) is 30.4 Å². The van der Waals surface area contributed by atoms with Crippen molar-refractivity contribution in [3.63, 3.8) is 0 Å². The minimum absolute atomic E-state index is 0.0856. The minimum atomic E-state index is -0.493. The van der Waals surface area contributed by atoms with Gasteiger partial charge in [0.05, 0.1) is 23.8 Å². The van der Waals surface area contributed by atoms with E-state index in [0.29, 0.717) is 24.5 Å². The van der Waals surface area contributed by atoms with Crippen molar-refractivity contribution in [2.24, 2.45) is 0 Å². The molecule has 1 amide bonds. The Labute approximate surface area is 145 Å². The third-order valence-electron chi connectivity index (χ3n) is 3.33. The van der Waals surface area contributed by atoms with Gasteiger partial charge >= 0.3 is 5.69 Å². The summed E-state index contributed by atoms with van der Waals surface area (Å²) in [4.78, 5) is 22.4. The number of benzene rings is 2. The number of para-hydroxylation sites is 4. The lowest BCUT2D eigenvalue weighted by molar-refractivity contribution is -0.385. The second-order valence-corrected chi connectivity index (χ2v) is 5.15. The summed E-state index contributed by atoms with van der Waals surface area (Å²) >= 11 is 0. The fourth-order valence-electron chi connectivity index (χ4n) is 2.21. The molecule has 0 spiro atoms. The average Bonchev–Trinajstić information content (AvgIpc) is 2.61. The molecule has 0 saturated carbocycles. The van der Waals surface area contributed by atoms with Crippen molar-refractivity contribution in [1.82, 2.24) is 0 Å². The molecule has 0 saturated heterocycles. The number of nitrogens with zero attached hydrogens (tertiary/aromatic N) is 1. The van der Waals surface area contributed by atoms with Crippen LogP contribution < -0.4 is 14.8 Å². The van der Waals surface area contributed by atoms with Gasteiger partial charge in [-0.25, -0.2) is 0 Å². The van der Waals surface area contributed by atoms with E-state index in [9.17, 15) is 14.9 Å². The van der Waals surface area contributed by atoms with Crippen LogP contribution in [0, 0.1) is 10.1 Å². The number of nitrogens with one attached hydrogen (secondary N) is 1. The van der Waals surface area contributed by atoms with Crippen molar-refractivity contribution >= 4 is 17.3 Å². The maximum Gasteiger partial charge on any atom is 0.310 e. The van der Waals surface area contributed by atoms with E-state index in [1.807, 2.05) is 19.1 Å². The summed E-state index contributed by atoms with van der Waals surface area (Å²) in [5.41, 5.74) is 0.534. The molecule has 0 aromatic heterocycles. The summed E-state index contributed by atoms with van der Waals surface area (Å²) in [6.07, 6.45) is 0.676. The molecule has 0 atom stereocenters. The molecule has 0 bridgehead atoms. The van der Waals surface area contributed by atoms with Crippen LogP contribution in [-0.2, 0) is 4.79 Å². The van der Waals surface area contributed by atoms with Crippen LogP contribution >= 0.6 is 0 Å². The smallest absolute Gasteiger partial charge is 0.310 e. The Balaban J connectivity index is 1.81. The number of ether oxygens (including phenoxy) is 2. The van der Waals surface area contributed by atoms with Crippen LogP contribution in [0.25, 0.3) is 0 Å². The van der Waals surface area contributed by atoms with Crippen molar-refractivity contribution < 1.29 is 19.2 Å². The number of rotatable bonds is 9. The molecule has 0 aliphatic rings. The summed E-state index contributed by atoms with van der Waals surface area (Å²) in [5.74, 6) is 0.655. The normalized spacial score (nSPS) is 10.1. The number of hydrogen-bond donors (Lipinski definition) is 1. The fraction of sp³-hybridized carbons (Fsp3) is 0.278. The third-order valence-corrected chi connectivity index (χ3v) is 3.33. The van der Waals surface area contributed by atoms with Crippen molar-refractivity contribution in [1.29, 1.82) is 0 Å². The van der Waals surface area contributed by atoms with Gasteiger partial charge in [0.15, 0.2) is 5.75 Å². The lowest BCUT2D eigenvalue weighted by Crippen LogP contribution is -2.13. The van der Waals surface area contributed by atoms with Crippen LogP contribution in [0.5, 0.6) is 11.5 Å². The lowest BCUT2D eigenvalue weighted by atomic mass is 10.2. The van der Waals surface area contributed by atoms with Gasteiger partial charge in [-0.1, -0.05) is 24.3 Å². The highest BCUT2D eigenvalue weighted by Crippen LogP contribution is 2.26. The van der Waals surface area contributed by atoms with E-state index < -0.39 is 4.92 Å². The van der Waals surface area contributed by atoms with Gasteiger partial charge < -0.3 is 14.8 Å². The van der Waals surface area contributed by atoms with E-state index in [1.165, 1.54) is 12.1 Å². The molecule has 0 unspecified atom stereocenters. The third kappa shape index (κ3) is 5.49. The van der Waals surface area contributed by atoms with Crippen LogP contribution in [0.3, 0.4) is 0 Å². The molecular weight excluding hydrogens is 324 g/mol. The summed E-state index contributed by atoms with van der Waals surface area (Å²) in [6.45, 7) is 2.60. The Bertz CT molecular complexity index is 733. The Morgan fingerprint density at radius 1 is 1.08 bits per heavy atom. The number of hydrogen-bond acceptors (Lipinski definition) is 5. The predicted octanol–water partition coefficient (Wildman–Crippen LogP) is 3.79. The van der Waals surface area contributed by atoms with E-state index in [0.717, 1.165) is 0 Å². The first-order valence-electron chi connectivity index (χ1n) is 7.99. The van der Waals surface area contributed by atoms with Crippen LogP contribution in [0.2, 0.25) is 0 Å². The molecule has 2 aromatic rings. The van der Waals surface area contributed by atoms with Gasteiger partial charge in [0.25, 0.3) is 0 Å². The highest BCUT2D eigenvalue weighted by atomic mass is 16.6. The molecule has 132 valence electrons. The number of anilines is 1. The minimum Gasteiger partial charge on any atom is -0.492 e. The van der Waals surface area contributed by atoms with Gasteiger partial charge in [-0.2, -0.15) is 0 Å². The van der Waals surface area contributed by atoms with Crippen molar-refractivity contribution in [2.45, 2.75) is 19.8 Å². The predicted molar refractivity (Wildman–Crippen MR) is 94.1 cm³/mol. The number of carbonyl (C=O) groups is 1. The van der Waals surface area contributed by atoms with Crippen LogP contribution in [0.1, 0.15) is 19.8 Å². The zero-order valence-corrected chi connectivity index (χ0v) is 13.9. The lowest BCUT2D eigenvalue weighted by Gasteiger charge is -2.11. The van der Waals surface area contributed by atoms with Crippen molar-refractivity contribution in [3.05, 3.63) is 58.6 Å². The van der Waals surface area contributed by atoms with Crippen molar-refractivity contribution in [2.75, 3.05) is 18.5 Å². The van der Waals surface area contributed by atoms with Gasteiger partial charge in [0.2, 0.25) is 5.91 Å². The number of amides is 1. The molecule has 0 aliphatic heterocycles. The zero-order chi connectivity index (χ0) is 18.1. The SMILES string of the molecule is CCOc1ccccc1NC(=O)CCCOc1ccccc1[N+](=O)[O-].